The molecule has 106 valence electrons. The summed E-state index contributed by atoms with van der Waals surface area (Å²) in [7, 11) is 2.17. The Balaban J connectivity index is 1.76. The monoisotopic (exact) mass is 259 g/mol. The molecule has 3 atom stereocenters. The number of nitrogens with one attached hydrogen (secondary N) is 1. The highest BCUT2D eigenvalue weighted by atomic mass is 14.9. The maximum absolute atomic E-state index is 5.41. The lowest BCUT2D eigenvalue weighted by atomic mass is 9.43. The first-order valence-corrected chi connectivity index (χ1v) is 8.20. The minimum atomic E-state index is 0.599. The van der Waals surface area contributed by atoms with E-state index in [2.05, 4.69) is 25.2 Å². The SMILES string of the molecule is C#CCCCC(NC)C12CC3CC(CC(C)(C3)C1)C2. The summed E-state index contributed by atoms with van der Waals surface area (Å²) in [6.45, 7) is 2.56. The Bertz CT molecular complexity index is 364. The fraction of sp³-hybridized carbons (Fsp3) is 0.889. The van der Waals surface area contributed by atoms with Gasteiger partial charge in [-0.1, -0.05) is 6.92 Å². The van der Waals surface area contributed by atoms with Crippen LogP contribution >= 0.6 is 0 Å². The second-order valence-electron chi connectivity index (χ2n) is 8.07. The average molecular weight is 259 g/mol. The van der Waals surface area contributed by atoms with Gasteiger partial charge in [0.25, 0.3) is 0 Å². The van der Waals surface area contributed by atoms with Gasteiger partial charge in [0.15, 0.2) is 0 Å². The Hall–Kier alpha value is -0.480. The summed E-state index contributed by atoms with van der Waals surface area (Å²) >= 11 is 0. The van der Waals surface area contributed by atoms with Crippen LogP contribution in [0.3, 0.4) is 0 Å². The van der Waals surface area contributed by atoms with Crippen molar-refractivity contribution in [2.45, 2.75) is 70.8 Å². The lowest BCUT2D eigenvalue weighted by Crippen LogP contribution is -2.58. The van der Waals surface area contributed by atoms with Crippen LogP contribution in [0.15, 0.2) is 0 Å². The molecule has 19 heavy (non-hydrogen) atoms. The second-order valence-corrected chi connectivity index (χ2v) is 8.07. The minimum absolute atomic E-state index is 0.599. The molecule has 4 aliphatic carbocycles. The molecule has 4 aliphatic rings. The van der Waals surface area contributed by atoms with Gasteiger partial charge >= 0.3 is 0 Å². The fourth-order valence-electron chi connectivity index (χ4n) is 6.37. The van der Waals surface area contributed by atoms with Gasteiger partial charge in [0, 0.05) is 12.5 Å². The summed E-state index contributed by atoms with van der Waals surface area (Å²) in [6.07, 6.45) is 17.8. The summed E-state index contributed by atoms with van der Waals surface area (Å²) in [4.78, 5) is 0. The minimum Gasteiger partial charge on any atom is -0.316 e. The van der Waals surface area contributed by atoms with Crippen molar-refractivity contribution in [3.63, 3.8) is 0 Å². The van der Waals surface area contributed by atoms with Crippen LogP contribution in [0.25, 0.3) is 0 Å². The Morgan fingerprint density at radius 1 is 1.26 bits per heavy atom. The Labute approximate surface area is 118 Å². The second kappa shape index (κ2) is 4.81. The van der Waals surface area contributed by atoms with Crippen LogP contribution in [0.2, 0.25) is 0 Å². The van der Waals surface area contributed by atoms with Crippen molar-refractivity contribution in [2.75, 3.05) is 7.05 Å². The molecule has 0 saturated heterocycles. The molecular weight excluding hydrogens is 230 g/mol. The molecular formula is C18H29N. The summed E-state index contributed by atoms with van der Waals surface area (Å²) < 4.78 is 0. The number of terminal acetylenes is 1. The fourth-order valence-corrected chi connectivity index (χ4v) is 6.37. The quantitative estimate of drug-likeness (QED) is 0.581. The largest absolute Gasteiger partial charge is 0.316 e. The highest BCUT2D eigenvalue weighted by molar-refractivity contribution is 5.09. The summed E-state index contributed by atoms with van der Waals surface area (Å²) in [5.41, 5.74) is 1.26. The van der Waals surface area contributed by atoms with E-state index in [4.69, 9.17) is 6.42 Å². The summed E-state index contributed by atoms with van der Waals surface area (Å²) in [6, 6.07) is 0.700. The van der Waals surface area contributed by atoms with Crippen molar-refractivity contribution in [2.24, 2.45) is 22.7 Å². The zero-order chi connectivity index (χ0) is 13.5. The Kier molecular flexibility index (Phi) is 3.42. The third-order valence-corrected chi connectivity index (χ3v) is 6.30. The van der Waals surface area contributed by atoms with Crippen LogP contribution in [-0.4, -0.2) is 13.1 Å². The van der Waals surface area contributed by atoms with Crippen LogP contribution < -0.4 is 5.32 Å². The molecule has 1 N–H and O–H groups in total. The van der Waals surface area contributed by atoms with E-state index in [9.17, 15) is 0 Å². The molecule has 4 fully saturated rings. The maximum Gasteiger partial charge on any atom is 0.0121 e. The van der Waals surface area contributed by atoms with Crippen molar-refractivity contribution in [3.05, 3.63) is 0 Å². The molecule has 0 amide bonds. The topological polar surface area (TPSA) is 12.0 Å². The first kappa shape index (κ1) is 13.5. The molecule has 0 aliphatic heterocycles. The smallest absolute Gasteiger partial charge is 0.0121 e. The Morgan fingerprint density at radius 2 is 1.95 bits per heavy atom. The lowest BCUT2D eigenvalue weighted by Gasteiger charge is -2.63. The van der Waals surface area contributed by atoms with Gasteiger partial charge in [-0.2, -0.15) is 0 Å². The predicted octanol–water partition coefficient (Wildman–Crippen LogP) is 3.98. The molecule has 0 aromatic carbocycles. The van der Waals surface area contributed by atoms with Crippen molar-refractivity contribution >= 4 is 0 Å². The zero-order valence-electron chi connectivity index (χ0n) is 12.7. The normalized spacial score (nSPS) is 45.1. The average Bonchev–Trinajstić information content (AvgIpc) is 2.31. The highest BCUT2D eigenvalue weighted by Crippen LogP contribution is 2.66. The number of hydrogen-bond acceptors (Lipinski definition) is 1. The van der Waals surface area contributed by atoms with Crippen molar-refractivity contribution in [3.8, 4) is 12.3 Å². The van der Waals surface area contributed by atoms with Gasteiger partial charge in [-0.25, -0.2) is 0 Å². The van der Waals surface area contributed by atoms with Gasteiger partial charge in [-0.05, 0) is 81.1 Å². The standard InChI is InChI=1S/C18H29N/c1-4-5-6-7-16(19-3)18-11-14-8-15(12-18)10-17(2,9-14)13-18/h1,14-16,19H,5-13H2,2-3H3. The highest BCUT2D eigenvalue weighted by Gasteiger charge is 2.57. The van der Waals surface area contributed by atoms with Crippen LogP contribution in [0.5, 0.6) is 0 Å². The molecule has 1 heteroatoms. The van der Waals surface area contributed by atoms with Crippen LogP contribution in [-0.2, 0) is 0 Å². The predicted molar refractivity (Wildman–Crippen MR) is 80.8 cm³/mol. The molecule has 0 radical (unpaired) electrons. The zero-order valence-corrected chi connectivity index (χ0v) is 12.7. The van der Waals surface area contributed by atoms with Crippen LogP contribution in [0.4, 0.5) is 0 Å². The van der Waals surface area contributed by atoms with Gasteiger partial charge in [-0.15, -0.1) is 12.3 Å². The van der Waals surface area contributed by atoms with Crippen LogP contribution in [0, 0.1) is 35.0 Å². The molecule has 0 aromatic rings. The molecule has 4 saturated carbocycles. The molecule has 0 heterocycles. The molecule has 4 bridgehead atoms. The van der Waals surface area contributed by atoms with E-state index in [0.29, 0.717) is 16.9 Å². The molecule has 3 unspecified atom stereocenters. The maximum atomic E-state index is 5.41. The summed E-state index contributed by atoms with van der Waals surface area (Å²) in [5.74, 6) is 4.85. The molecule has 0 aromatic heterocycles. The van der Waals surface area contributed by atoms with E-state index in [1.807, 2.05) is 0 Å². The lowest BCUT2D eigenvalue weighted by molar-refractivity contribution is -0.118. The van der Waals surface area contributed by atoms with E-state index < -0.39 is 0 Å². The van der Waals surface area contributed by atoms with E-state index in [1.165, 1.54) is 51.4 Å². The third-order valence-electron chi connectivity index (χ3n) is 6.30. The van der Waals surface area contributed by atoms with Gasteiger partial charge in [0.2, 0.25) is 0 Å². The third kappa shape index (κ3) is 2.33. The molecule has 1 nitrogen and oxygen atoms in total. The van der Waals surface area contributed by atoms with Crippen molar-refractivity contribution in [1.82, 2.24) is 5.32 Å². The van der Waals surface area contributed by atoms with Crippen LogP contribution in [0.1, 0.15) is 64.7 Å². The van der Waals surface area contributed by atoms with Crippen molar-refractivity contribution in [1.29, 1.82) is 0 Å². The number of unbranched alkanes of at least 4 members (excludes halogenated alkanes) is 1. The van der Waals surface area contributed by atoms with Gasteiger partial charge in [0.1, 0.15) is 0 Å². The van der Waals surface area contributed by atoms with Gasteiger partial charge < -0.3 is 5.32 Å². The van der Waals surface area contributed by atoms with E-state index in [0.717, 1.165) is 18.3 Å². The van der Waals surface area contributed by atoms with E-state index in [-0.39, 0.29) is 0 Å². The van der Waals surface area contributed by atoms with E-state index >= 15 is 0 Å². The number of rotatable bonds is 5. The molecule has 0 spiro atoms. The number of hydrogen-bond donors (Lipinski definition) is 1. The Morgan fingerprint density at radius 3 is 2.47 bits per heavy atom. The van der Waals surface area contributed by atoms with Gasteiger partial charge in [-0.3, -0.25) is 0 Å². The first-order chi connectivity index (χ1) is 9.09. The summed E-state index contributed by atoms with van der Waals surface area (Å²) in [5, 5.41) is 3.67. The van der Waals surface area contributed by atoms with Gasteiger partial charge in [0.05, 0.1) is 0 Å². The first-order valence-electron chi connectivity index (χ1n) is 8.20. The van der Waals surface area contributed by atoms with E-state index in [1.54, 1.807) is 0 Å². The van der Waals surface area contributed by atoms with Crippen molar-refractivity contribution < 1.29 is 0 Å². The molecule has 4 rings (SSSR count).